The molecule has 0 atom stereocenters. The molecule has 0 fully saturated rings. The lowest BCUT2D eigenvalue weighted by Gasteiger charge is -2.10. The quantitative estimate of drug-likeness (QED) is 0.871. The van der Waals surface area contributed by atoms with E-state index in [0.29, 0.717) is 5.75 Å². The lowest BCUT2D eigenvalue weighted by atomic mass is 9.95. The zero-order valence-electron chi connectivity index (χ0n) is 12.0. The van der Waals surface area contributed by atoms with E-state index in [4.69, 9.17) is 0 Å². The minimum atomic E-state index is 0.371. The number of aromatic hydroxyl groups is 1. The van der Waals surface area contributed by atoms with Gasteiger partial charge in [0.2, 0.25) is 0 Å². The minimum absolute atomic E-state index is 0.371. The third-order valence-electron chi connectivity index (χ3n) is 4.60. The third kappa shape index (κ3) is 2.19. The average molecular weight is 274 g/mol. The van der Waals surface area contributed by atoms with Crippen LogP contribution in [0.15, 0.2) is 48.6 Å². The summed E-state index contributed by atoms with van der Waals surface area (Å²) in [7, 11) is 0. The SMILES string of the molecule is Oc1ccc2c(c1)CC=C2CCc1cccc2c1CC=C2. The van der Waals surface area contributed by atoms with E-state index in [2.05, 4.69) is 42.5 Å². The van der Waals surface area contributed by atoms with Gasteiger partial charge in [0, 0.05) is 0 Å². The highest BCUT2D eigenvalue weighted by Crippen LogP contribution is 2.33. The number of benzene rings is 2. The van der Waals surface area contributed by atoms with Gasteiger partial charge in [-0.3, -0.25) is 0 Å². The zero-order valence-corrected chi connectivity index (χ0v) is 12.0. The summed E-state index contributed by atoms with van der Waals surface area (Å²) in [6, 6.07) is 12.4. The van der Waals surface area contributed by atoms with Crippen molar-refractivity contribution in [1.29, 1.82) is 0 Å². The smallest absolute Gasteiger partial charge is 0.115 e. The first kappa shape index (κ1) is 12.5. The van der Waals surface area contributed by atoms with Crippen LogP contribution in [0.5, 0.6) is 5.75 Å². The van der Waals surface area contributed by atoms with E-state index in [0.717, 1.165) is 25.7 Å². The second-order valence-electron chi connectivity index (χ2n) is 5.87. The summed E-state index contributed by atoms with van der Waals surface area (Å²) in [4.78, 5) is 0. The Labute approximate surface area is 125 Å². The number of hydrogen-bond donors (Lipinski definition) is 1. The number of rotatable bonds is 3. The fraction of sp³-hybridized carbons (Fsp3) is 0.200. The monoisotopic (exact) mass is 274 g/mol. The molecule has 0 bridgehead atoms. The summed E-state index contributed by atoms with van der Waals surface area (Å²) >= 11 is 0. The predicted octanol–water partition coefficient (Wildman–Crippen LogP) is 4.53. The van der Waals surface area contributed by atoms with Crippen LogP contribution < -0.4 is 0 Å². The van der Waals surface area contributed by atoms with Crippen LogP contribution in [0.3, 0.4) is 0 Å². The maximum Gasteiger partial charge on any atom is 0.115 e. The average Bonchev–Trinajstić information content (AvgIpc) is 3.11. The third-order valence-corrected chi connectivity index (χ3v) is 4.60. The van der Waals surface area contributed by atoms with Gasteiger partial charge >= 0.3 is 0 Å². The summed E-state index contributed by atoms with van der Waals surface area (Å²) in [6.45, 7) is 0. The fourth-order valence-electron chi connectivity index (χ4n) is 3.51. The fourth-order valence-corrected chi connectivity index (χ4v) is 3.51. The molecule has 0 radical (unpaired) electrons. The van der Waals surface area contributed by atoms with Crippen molar-refractivity contribution >= 4 is 11.6 Å². The molecule has 21 heavy (non-hydrogen) atoms. The molecule has 1 nitrogen and oxygen atoms in total. The number of phenolic OH excluding ortho intramolecular Hbond substituents is 1. The van der Waals surface area contributed by atoms with Gasteiger partial charge in [0.25, 0.3) is 0 Å². The Balaban J connectivity index is 1.54. The van der Waals surface area contributed by atoms with E-state index in [1.807, 2.05) is 6.07 Å². The molecule has 0 saturated heterocycles. The Kier molecular flexibility index (Phi) is 2.92. The van der Waals surface area contributed by atoms with E-state index in [1.165, 1.54) is 33.4 Å². The molecular weight excluding hydrogens is 256 g/mol. The normalized spacial score (nSPS) is 15.0. The Morgan fingerprint density at radius 3 is 2.90 bits per heavy atom. The van der Waals surface area contributed by atoms with Gasteiger partial charge in [-0.05, 0) is 71.2 Å². The predicted molar refractivity (Wildman–Crippen MR) is 87.3 cm³/mol. The van der Waals surface area contributed by atoms with Crippen molar-refractivity contribution in [2.45, 2.75) is 25.7 Å². The van der Waals surface area contributed by atoms with E-state index in [9.17, 15) is 5.11 Å². The molecule has 2 aromatic rings. The zero-order chi connectivity index (χ0) is 14.2. The van der Waals surface area contributed by atoms with Crippen LogP contribution in [0.4, 0.5) is 0 Å². The van der Waals surface area contributed by atoms with Crippen LogP contribution in [-0.4, -0.2) is 5.11 Å². The number of phenols is 1. The standard InChI is InChI=1S/C20H18O/c21-18-11-12-20-16(9-10-17(20)13-18)8-7-15-4-1-3-14-5-2-6-19(14)15/h1-5,9,11-13,21H,6-8,10H2. The highest BCUT2D eigenvalue weighted by molar-refractivity contribution is 5.74. The molecule has 0 unspecified atom stereocenters. The van der Waals surface area contributed by atoms with Gasteiger partial charge in [-0.15, -0.1) is 0 Å². The first-order valence-corrected chi connectivity index (χ1v) is 7.60. The van der Waals surface area contributed by atoms with Crippen LogP contribution in [0.25, 0.3) is 11.6 Å². The van der Waals surface area contributed by atoms with Crippen molar-refractivity contribution < 1.29 is 5.11 Å². The summed E-state index contributed by atoms with van der Waals surface area (Å²) in [6.07, 6.45) is 11.0. The highest BCUT2D eigenvalue weighted by atomic mass is 16.3. The van der Waals surface area contributed by atoms with E-state index >= 15 is 0 Å². The Morgan fingerprint density at radius 2 is 1.95 bits per heavy atom. The van der Waals surface area contributed by atoms with E-state index < -0.39 is 0 Å². The Bertz CT molecular complexity index is 765. The molecule has 0 aromatic heterocycles. The molecule has 0 amide bonds. The van der Waals surface area contributed by atoms with Gasteiger partial charge in [0.1, 0.15) is 5.75 Å². The van der Waals surface area contributed by atoms with Gasteiger partial charge in [-0.25, -0.2) is 0 Å². The largest absolute Gasteiger partial charge is 0.508 e. The molecule has 2 aromatic carbocycles. The first-order chi connectivity index (χ1) is 10.3. The summed E-state index contributed by atoms with van der Waals surface area (Å²) in [5.41, 5.74) is 8.36. The molecule has 2 aliphatic carbocycles. The van der Waals surface area contributed by atoms with Crippen LogP contribution >= 0.6 is 0 Å². The molecular formula is C20H18O. The van der Waals surface area contributed by atoms with Gasteiger partial charge in [0.05, 0.1) is 0 Å². The first-order valence-electron chi connectivity index (χ1n) is 7.60. The van der Waals surface area contributed by atoms with Crippen molar-refractivity contribution in [3.63, 3.8) is 0 Å². The van der Waals surface area contributed by atoms with Gasteiger partial charge in [0.15, 0.2) is 0 Å². The lowest BCUT2D eigenvalue weighted by Crippen LogP contribution is -1.95. The van der Waals surface area contributed by atoms with Crippen molar-refractivity contribution in [1.82, 2.24) is 0 Å². The highest BCUT2D eigenvalue weighted by Gasteiger charge is 2.16. The molecule has 0 spiro atoms. The van der Waals surface area contributed by atoms with Crippen LogP contribution in [0, 0.1) is 0 Å². The number of allylic oxidation sites excluding steroid dienone is 3. The topological polar surface area (TPSA) is 20.2 Å². The summed E-state index contributed by atoms with van der Waals surface area (Å²) in [5, 5.41) is 9.57. The van der Waals surface area contributed by atoms with E-state index in [-0.39, 0.29) is 0 Å². The second kappa shape index (κ2) is 4.92. The molecule has 2 aliphatic rings. The van der Waals surface area contributed by atoms with Crippen molar-refractivity contribution in [3.8, 4) is 5.75 Å². The van der Waals surface area contributed by atoms with Crippen molar-refractivity contribution in [3.05, 3.63) is 76.4 Å². The minimum Gasteiger partial charge on any atom is -0.508 e. The van der Waals surface area contributed by atoms with Crippen LogP contribution in [0.1, 0.15) is 34.2 Å². The second-order valence-corrected chi connectivity index (χ2v) is 5.87. The van der Waals surface area contributed by atoms with Crippen LogP contribution in [-0.2, 0) is 19.3 Å². The molecule has 1 N–H and O–H groups in total. The number of hydrogen-bond acceptors (Lipinski definition) is 1. The van der Waals surface area contributed by atoms with E-state index in [1.54, 1.807) is 6.07 Å². The molecule has 104 valence electrons. The molecule has 0 saturated carbocycles. The number of fused-ring (bicyclic) bond motifs is 2. The van der Waals surface area contributed by atoms with Gasteiger partial charge < -0.3 is 5.11 Å². The molecule has 0 heterocycles. The lowest BCUT2D eigenvalue weighted by molar-refractivity contribution is 0.474. The number of aryl methyl sites for hydroxylation is 1. The summed E-state index contributed by atoms with van der Waals surface area (Å²) in [5.74, 6) is 0.371. The van der Waals surface area contributed by atoms with Crippen molar-refractivity contribution in [2.75, 3.05) is 0 Å². The van der Waals surface area contributed by atoms with Crippen LogP contribution in [0.2, 0.25) is 0 Å². The summed E-state index contributed by atoms with van der Waals surface area (Å²) < 4.78 is 0. The van der Waals surface area contributed by atoms with Gasteiger partial charge in [-0.2, -0.15) is 0 Å². The van der Waals surface area contributed by atoms with Crippen molar-refractivity contribution in [2.24, 2.45) is 0 Å². The maximum absolute atomic E-state index is 9.57. The Hall–Kier alpha value is -2.28. The van der Waals surface area contributed by atoms with Gasteiger partial charge in [-0.1, -0.05) is 42.5 Å². The molecule has 1 heteroatoms. The Morgan fingerprint density at radius 1 is 1.00 bits per heavy atom. The maximum atomic E-state index is 9.57. The molecule has 0 aliphatic heterocycles. The molecule has 4 rings (SSSR count).